The summed E-state index contributed by atoms with van der Waals surface area (Å²) in [6, 6.07) is 11.8. The quantitative estimate of drug-likeness (QED) is 0.609. The number of urea groups is 1. The van der Waals surface area contributed by atoms with Crippen molar-refractivity contribution in [1.29, 1.82) is 0 Å². The van der Waals surface area contributed by atoms with E-state index in [2.05, 4.69) is 15.6 Å². The smallest absolute Gasteiger partial charge is 0.338 e. The Morgan fingerprint density at radius 1 is 1.18 bits per heavy atom. The molecule has 3 aromatic rings. The van der Waals surface area contributed by atoms with Crippen molar-refractivity contribution >= 4 is 17.1 Å². The van der Waals surface area contributed by atoms with Crippen molar-refractivity contribution in [3.05, 3.63) is 66.0 Å². The van der Waals surface area contributed by atoms with Crippen molar-refractivity contribution < 1.29 is 18.0 Å². The molecule has 1 aromatic heterocycles. The maximum absolute atomic E-state index is 12.8. The van der Waals surface area contributed by atoms with E-state index in [9.17, 15) is 18.0 Å². The summed E-state index contributed by atoms with van der Waals surface area (Å²) < 4.78 is 40.4. The van der Waals surface area contributed by atoms with E-state index in [-0.39, 0.29) is 0 Å². The lowest BCUT2D eigenvalue weighted by molar-refractivity contribution is -0.137. The molecule has 5 nitrogen and oxygen atoms in total. The second-order valence-electron chi connectivity index (χ2n) is 6.53. The first kappa shape index (κ1) is 19.7. The van der Waals surface area contributed by atoms with E-state index in [1.807, 2.05) is 28.8 Å². The zero-order valence-electron chi connectivity index (χ0n) is 15.3. The number of nitrogens with one attached hydrogen (secondary N) is 2. The van der Waals surface area contributed by atoms with E-state index in [1.54, 1.807) is 19.3 Å². The Bertz CT molecular complexity index is 952. The van der Waals surface area contributed by atoms with Crippen LogP contribution in [0, 0.1) is 0 Å². The molecule has 0 aliphatic carbocycles. The fourth-order valence-corrected chi connectivity index (χ4v) is 2.96. The van der Waals surface area contributed by atoms with Crippen molar-refractivity contribution in [3.8, 4) is 0 Å². The highest BCUT2D eigenvalue weighted by Crippen LogP contribution is 2.30. The van der Waals surface area contributed by atoms with Gasteiger partial charge in [-0.25, -0.2) is 9.78 Å². The Labute approximate surface area is 160 Å². The predicted molar refractivity (Wildman–Crippen MR) is 101 cm³/mol. The molecule has 0 fully saturated rings. The molecule has 2 N–H and O–H groups in total. The molecule has 2 aromatic carbocycles. The molecule has 0 radical (unpaired) electrons. The first-order valence-electron chi connectivity index (χ1n) is 8.96. The zero-order valence-corrected chi connectivity index (χ0v) is 15.3. The van der Waals surface area contributed by atoms with Crippen molar-refractivity contribution in [2.75, 3.05) is 6.54 Å². The highest BCUT2D eigenvalue weighted by molar-refractivity contribution is 5.75. The molecule has 2 amide bonds. The lowest BCUT2D eigenvalue weighted by Crippen LogP contribution is -2.37. The maximum atomic E-state index is 12.8. The molecule has 0 saturated heterocycles. The normalized spacial score (nSPS) is 12.7. The maximum Gasteiger partial charge on any atom is 0.416 e. The van der Waals surface area contributed by atoms with Crippen molar-refractivity contribution in [3.63, 3.8) is 0 Å². The summed E-state index contributed by atoms with van der Waals surface area (Å²) in [5.74, 6) is 0. The number of benzene rings is 2. The molecule has 148 valence electrons. The Hall–Kier alpha value is -3.03. The van der Waals surface area contributed by atoms with Crippen molar-refractivity contribution in [2.45, 2.75) is 32.1 Å². The number of amides is 2. The van der Waals surface area contributed by atoms with Crippen LogP contribution < -0.4 is 10.6 Å². The number of aromatic nitrogens is 2. The number of carbonyl (C=O) groups excluding carboxylic acids is 1. The first-order chi connectivity index (χ1) is 13.3. The van der Waals surface area contributed by atoms with Crippen molar-refractivity contribution in [1.82, 2.24) is 20.2 Å². The fourth-order valence-electron chi connectivity index (χ4n) is 2.96. The fraction of sp³-hybridized carbons (Fsp3) is 0.300. The second-order valence-corrected chi connectivity index (χ2v) is 6.53. The largest absolute Gasteiger partial charge is 0.416 e. The number of hydrogen-bond donors (Lipinski definition) is 2. The Kier molecular flexibility index (Phi) is 5.87. The van der Waals surface area contributed by atoms with E-state index in [4.69, 9.17) is 0 Å². The minimum Gasteiger partial charge on any atom is -0.338 e. The lowest BCUT2D eigenvalue weighted by atomic mass is 10.1. The average molecular weight is 390 g/mol. The van der Waals surface area contributed by atoms with Gasteiger partial charge in [0.15, 0.2) is 0 Å². The van der Waals surface area contributed by atoms with E-state index in [0.717, 1.165) is 23.2 Å². The number of fused-ring (bicyclic) bond motifs is 1. The molecule has 8 heteroatoms. The predicted octanol–water partition coefficient (Wildman–Crippen LogP) is 4.51. The number of para-hydroxylation sites is 2. The minimum absolute atomic E-state index is 0.398. The third-order valence-corrected chi connectivity index (χ3v) is 4.45. The molecule has 0 saturated carbocycles. The van der Waals surface area contributed by atoms with Gasteiger partial charge in [0.05, 0.1) is 29.0 Å². The molecule has 3 rings (SSSR count). The summed E-state index contributed by atoms with van der Waals surface area (Å²) in [5.41, 5.74) is 1.62. The third kappa shape index (κ3) is 4.82. The van der Waals surface area contributed by atoms with Crippen LogP contribution in [0.15, 0.2) is 54.9 Å². The van der Waals surface area contributed by atoms with Gasteiger partial charge in [-0.1, -0.05) is 24.3 Å². The molecule has 1 atom stereocenters. The highest BCUT2D eigenvalue weighted by atomic mass is 19.4. The molecule has 0 bridgehead atoms. The topological polar surface area (TPSA) is 59.0 Å². The van der Waals surface area contributed by atoms with Crippen LogP contribution in [-0.2, 0) is 12.7 Å². The molecule has 1 unspecified atom stereocenters. The Morgan fingerprint density at radius 2 is 1.96 bits per heavy atom. The number of carbonyl (C=O) groups is 1. The van der Waals surface area contributed by atoms with Gasteiger partial charge in [-0.3, -0.25) is 0 Å². The molecule has 1 heterocycles. The van der Waals surface area contributed by atoms with Gasteiger partial charge < -0.3 is 15.2 Å². The molecule has 28 heavy (non-hydrogen) atoms. The van der Waals surface area contributed by atoms with Gasteiger partial charge in [0, 0.05) is 13.1 Å². The standard InChI is InChI=1S/C20H21F3N4O/c1-14(15-6-4-7-16(12-15)20(21,22)23)26-19(28)24-10-5-11-27-13-25-17-8-2-3-9-18(17)27/h2-4,6-9,12-14H,5,10-11H2,1H3,(H2,24,26,28). The SMILES string of the molecule is CC(NC(=O)NCCCn1cnc2ccccc21)c1cccc(C(F)(F)F)c1. The van der Waals surface area contributed by atoms with Gasteiger partial charge in [0.2, 0.25) is 0 Å². The van der Waals surface area contributed by atoms with Gasteiger partial charge in [-0.05, 0) is 43.2 Å². The number of imidazole rings is 1. The summed E-state index contributed by atoms with van der Waals surface area (Å²) in [6.45, 7) is 2.78. The van der Waals surface area contributed by atoms with E-state index >= 15 is 0 Å². The number of aryl methyl sites for hydroxylation is 1. The van der Waals surface area contributed by atoms with Crippen LogP contribution >= 0.6 is 0 Å². The summed E-state index contributed by atoms with van der Waals surface area (Å²) in [4.78, 5) is 16.3. The van der Waals surface area contributed by atoms with Gasteiger partial charge in [-0.2, -0.15) is 13.2 Å². The summed E-state index contributed by atoms with van der Waals surface area (Å²) in [5, 5.41) is 5.39. The monoisotopic (exact) mass is 390 g/mol. The van der Waals surface area contributed by atoms with Crippen molar-refractivity contribution in [2.24, 2.45) is 0 Å². The van der Waals surface area contributed by atoms with Gasteiger partial charge >= 0.3 is 12.2 Å². The van der Waals surface area contributed by atoms with Gasteiger partial charge in [0.25, 0.3) is 0 Å². The molecular weight excluding hydrogens is 369 g/mol. The molecule has 0 aliphatic rings. The first-order valence-corrected chi connectivity index (χ1v) is 8.96. The highest BCUT2D eigenvalue weighted by Gasteiger charge is 2.30. The zero-order chi connectivity index (χ0) is 20.1. The lowest BCUT2D eigenvalue weighted by Gasteiger charge is -2.17. The second kappa shape index (κ2) is 8.33. The van der Waals surface area contributed by atoms with Crippen LogP contribution in [0.25, 0.3) is 11.0 Å². The van der Waals surface area contributed by atoms with Gasteiger partial charge in [0.1, 0.15) is 0 Å². The Balaban J connectivity index is 1.46. The van der Waals surface area contributed by atoms with Crippen LogP contribution in [-0.4, -0.2) is 22.1 Å². The van der Waals surface area contributed by atoms with Crippen LogP contribution in [0.2, 0.25) is 0 Å². The van der Waals surface area contributed by atoms with Crippen LogP contribution in [0.1, 0.15) is 30.5 Å². The molecular formula is C20H21F3N4O. The number of nitrogens with zero attached hydrogens (tertiary/aromatic N) is 2. The number of rotatable bonds is 6. The Morgan fingerprint density at radius 3 is 2.75 bits per heavy atom. The average Bonchev–Trinajstić information content (AvgIpc) is 3.08. The number of hydrogen-bond acceptors (Lipinski definition) is 2. The third-order valence-electron chi connectivity index (χ3n) is 4.45. The summed E-state index contributed by atoms with van der Waals surface area (Å²) in [7, 11) is 0. The summed E-state index contributed by atoms with van der Waals surface area (Å²) in [6.07, 6.45) is -1.94. The summed E-state index contributed by atoms with van der Waals surface area (Å²) >= 11 is 0. The van der Waals surface area contributed by atoms with E-state index in [0.29, 0.717) is 25.1 Å². The number of alkyl halides is 3. The van der Waals surface area contributed by atoms with Gasteiger partial charge in [-0.15, -0.1) is 0 Å². The van der Waals surface area contributed by atoms with E-state index < -0.39 is 23.8 Å². The van der Waals surface area contributed by atoms with Crippen LogP contribution in [0.4, 0.5) is 18.0 Å². The minimum atomic E-state index is -4.41. The number of halogens is 3. The molecule has 0 spiro atoms. The van der Waals surface area contributed by atoms with Crippen LogP contribution in [0.5, 0.6) is 0 Å². The molecule has 0 aliphatic heterocycles. The van der Waals surface area contributed by atoms with E-state index in [1.165, 1.54) is 6.07 Å². The van der Waals surface area contributed by atoms with Crippen LogP contribution in [0.3, 0.4) is 0 Å².